The van der Waals surface area contributed by atoms with Crippen LogP contribution in [0.5, 0.6) is 0 Å². The Kier molecular flexibility index (Phi) is 6.07. The Balaban J connectivity index is 2.58. The molecule has 0 aromatic carbocycles. The summed E-state index contributed by atoms with van der Waals surface area (Å²) >= 11 is 0. The second-order valence-corrected chi connectivity index (χ2v) is 4.63. The van der Waals surface area contributed by atoms with E-state index in [1.165, 1.54) is 14.2 Å². The molecule has 0 bridgehead atoms. The minimum absolute atomic E-state index is 0.117. The van der Waals surface area contributed by atoms with Crippen LogP contribution < -0.4 is 5.73 Å². The average molecular weight is 258 g/mol. The standard InChI is InChI=1S/C12H22N2O4/c1-17-11(15)7-14(8-12(16)18-2)10-5-3-9(13)4-6-10/h9-10H,3-8,13H2,1-2H3. The highest BCUT2D eigenvalue weighted by atomic mass is 16.5. The van der Waals surface area contributed by atoms with E-state index in [1.807, 2.05) is 4.90 Å². The summed E-state index contributed by atoms with van der Waals surface area (Å²) in [4.78, 5) is 24.5. The van der Waals surface area contributed by atoms with Gasteiger partial charge in [0.2, 0.25) is 0 Å². The smallest absolute Gasteiger partial charge is 0.319 e. The first-order valence-electron chi connectivity index (χ1n) is 6.20. The van der Waals surface area contributed by atoms with Crippen LogP contribution >= 0.6 is 0 Å². The molecule has 1 saturated carbocycles. The maximum absolute atomic E-state index is 11.4. The zero-order chi connectivity index (χ0) is 13.5. The number of carbonyl (C=O) groups is 2. The third kappa shape index (κ3) is 4.62. The predicted molar refractivity (Wildman–Crippen MR) is 65.8 cm³/mol. The first kappa shape index (κ1) is 14.9. The summed E-state index contributed by atoms with van der Waals surface area (Å²) in [5.74, 6) is -0.678. The molecule has 2 N–H and O–H groups in total. The van der Waals surface area contributed by atoms with E-state index < -0.39 is 0 Å². The zero-order valence-electron chi connectivity index (χ0n) is 11.1. The average Bonchev–Trinajstić information content (AvgIpc) is 2.38. The first-order chi connectivity index (χ1) is 8.56. The number of hydrogen-bond donors (Lipinski definition) is 1. The summed E-state index contributed by atoms with van der Waals surface area (Å²) in [7, 11) is 2.69. The van der Waals surface area contributed by atoms with Crippen LogP contribution in [0.4, 0.5) is 0 Å². The van der Waals surface area contributed by atoms with E-state index in [1.54, 1.807) is 0 Å². The Morgan fingerprint density at radius 2 is 1.50 bits per heavy atom. The van der Waals surface area contributed by atoms with E-state index in [-0.39, 0.29) is 37.1 Å². The zero-order valence-corrected chi connectivity index (χ0v) is 11.1. The van der Waals surface area contributed by atoms with Crippen molar-refractivity contribution >= 4 is 11.9 Å². The Bertz CT molecular complexity index is 270. The molecule has 1 aliphatic carbocycles. The lowest BCUT2D eigenvalue weighted by molar-refractivity contribution is -0.147. The van der Waals surface area contributed by atoms with E-state index in [9.17, 15) is 9.59 Å². The highest BCUT2D eigenvalue weighted by Gasteiger charge is 2.27. The predicted octanol–water partition coefficient (Wildman–Crippen LogP) is -0.0957. The van der Waals surface area contributed by atoms with Gasteiger partial charge in [-0.3, -0.25) is 14.5 Å². The van der Waals surface area contributed by atoms with Gasteiger partial charge in [0.05, 0.1) is 27.3 Å². The first-order valence-corrected chi connectivity index (χ1v) is 6.20. The lowest BCUT2D eigenvalue weighted by Gasteiger charge is -2.34. The lowest BCUT2D eigenvalue weighted by Crippen LogP contribution is -2.46. The van der Waals surface area contributed by atoms with E-state index in [4.69, 9.17) is 5.73 Å². The summed E-state index contributed by atoms with van der Waals surface area (Å²) in [5.41, 5.74) is 5.85. The van der Waals surface area contributed by atoms with E-state index in [2.05, 4.69) is 9.47 Å². The third-order valence-corrected chi connectivity index (χ3v) is 3.38. The van der Waals surface area contributed by atoms with Crippen molar-refractivity contribution in [1.29, 1.82) is 0 Å². The van der Waals surface area contributed by atoms with Crippen LogP contribution in [0, 0.1) is 0 Å². The quantitative estimate of drug-likeness (QED) is 0.694. The molecule has 0 amide bonds. The van der Waals surface area contributed by atoms with Gasteiger partial charge in [-0.25, -0.2) is 0 Å². The van der Waals surface area contributed by atoms with E-state index in [0.29, 0.717) is 0 Å². The molecule has 0 radical (unpaired) electrons. The van der Waals surface area contributed by atoms with Crippen LogP contribution in [0.1, 0.15) is 25.7 Å². The number of rotatable bonds is 5. The van der Waals surface area contributed by atoms with Crippen LogP contribution in [0.15, 0.2) is 0 Å². The summed E-state index contributed by atoms with van der Waals surface area (Å²) < 4.78 is 9.30. The van der Waals surface area contributed by atoms with Gasteiger partial charge in [-0.1, -0.05) is 0 Å². The van der Waals surface area contributed by atoms with Crippen LogP contribution in [-0.4, -0.2) is 56.2 Å². The molecule has 0 unspecified atom stereocenters. The summed E-state index contributed by atoms with van der Waals surface area (Å²) in [6.45, 7) is 0.233. The molecule has 18 heavy (non-hydrogen) atoms. The third-order valence-electron chi connectivity index (χ3n) is 3.38. The SMILES string of the molecule is COC(=O)CN(CC(=O)OC)C1CCC(N)CC1. The van der Waals surface area contributed by atoms with Crippen molar-refractivity contribution in [1.82, 2.24) is 4.90 Å². The maximum Gasteiger partial charge on any atom is 0.319 e. The molecule has 0 saturated heterocycles. The monoisotopic (exact) mass is 258 g/mol. The van der Waals surface area contributed by atoms with Crippen molar-refractivity contribution < 1.29 is 19.1 Å². The molecule has 6 nitrogen and oxygen atoms in total. The summed E-state index contributed by atoms with van der Waals surface area (Å²) in [6, 6.07) is 0.433. The molecule has 104 valence electrons. The summed E-state index contributed by atoms with van der Waals surface area (Å²) in [5, 5.41) is 0. The van der Waals surface area contributed by atoms with E-state index in [0.717, 1.165) is 25.7 Å². The fraction of sp³-hybridized carbons (Fsp3) is 0.833. The molecular weight excluding hydrogens is 236 g/mol. The van der Waals surface area contributed by atoms with Crippen molar-refractivity contribution in [2.24, 2.45) is 5.73 Å². The van der Waals surface area contributed by atoms with Gasteiger partial charge in [0, 0.05) is 12.1 Å². The van der Waals surface area contributed by atoms with Gasteiger partial charge in [0.1, 0.15) is 0 Å². The molecule has 0 aliphatic heterocycles. The second kappa shape index (κ2) is 7.33. The number of hydrogen-bond acceptors (Lipinski definition) is 6. The molecule has 0 heterocycles. The van der Waals surface area contributed by atoms with Gasteiger partial charge in [-0.2, -0.15) is 0 Å². The lowest BCUT2D eigenvalue weighted by atomic mass is 9.90. The molecule has 0 spiro atoms. The number of esters is 2. The molecule has 6 heteroatoms. The maximum atomic E-state index is 11.4. The molecule has 1 rings (SSSR count). The Labute approximate surface area is 107 Å². The van der Waals surface area contributed by atoms with Gasteiger partial charge in [-0.15, -0.1) is 0 Å². The van der Waals surface area contributed by atoms with Gasteiger partial charge < -0.3 is 15.2 Å². The molecular formula is C12H22N2O4. The highest BCUT2D eigenvalue weighted by Crippen LogP contribution is 2.22. The van der Waals surface area contributed by atoms with Crippen molar-refractivity contribution in [3.05, 3.63) is 0 Å². The van der Waals surface area contributed by atoms with Gasteiger partial charge in [0.15, 0.2) is 0 Å². The minimum Gasteiger partial charge on any atom is -0.468 e. The van der Waals surface area contributed by atoms with Crippen molar-refractivity contribution in [3.8, 4) is 0 Å². The van der Waals surface area contributed by atoms with Crippen LogP contribution in [0.25, 0.3) is 0 Å². The van der Waals surface area contributed by atoms with Crippen LogP contribution in [0.2, 0.25) is 0 Å². The number of carbonyl (C=O) groups excluding carboxylic acids is 2. The fourth-order valence-corrected chi connectivity index (χ4v) is 2.24. The summed E-state index contributed by atoms with van der Waals surface area (Å²) in [6.07, 6.45) is 3.64. The number of methoxy groups -OCH3 is 2. The van der Waals surface area contributed by atoms with Gasteiger partial charge in [0.25, 0.3) is 0 Å². The molecule has 1 fully saturated rings. The van der Waals surface area contributed by atoms with Crippen molar-refractivity contribution in [2.75, 3.05) is 27.3 Å². The molecule has 1 aliphatic rings. The minimum atomic E-state index is -0.339. The van der Waals surface area contributed by atoms with Crippen LogP contribution in [0.3, 0.4) is 0 Å². The Hall–Kier alpha value is -1.14. The van der Waals surface area contributed by atoms with Crippen LogP contribution in [-0.2, 0) is 19.1 Å². The number of nitrogens with two attached hydrogens (primary N) is 1. The fourth-order valence-electron chi connectivity index (χ4n) is 2.24. The molecule has 0 aromatic rings. The van der Waals surface area contributed by atoms with Gasteiger partial charge in [-0.05, 0) is 25.7 Å². The number of ether oxygens (including phenoxy) is 2. The van der Waals surface area contributed by atoms with E-state index >= 15 is 0 Å². The largest absolute Gasteiger partial charge is 0.468 e. The van der Waals surface area contributed by atoms with Crippen molar-refractivity contribution in [2.45, 2.75) is 37.8 Å². The molecule has 0 atom stereocenters. The Morgan fingerprint density at radius 1 is 1.06 bits per heavy atom. The highest BCUT2D eigenvalue weighted by molar-refractivity contribution is 5.74. The molecule has 0 aromatic heterocycles. The number of nitrogens with zero attached hydrogens (tertiary/aromatic N) is 1. The Morgan fingerprint density at radius 3 is 1.89 bits per heavy atom. The topological polar surface area (TPSA) is 81.9 Å². The van der Waals surface area contributed by atoms with Crippen molar-refractivity contribution in [3.63, 3.8) is 0 Å². The second-order valence-electron chi connectivity index (χ2n) is 4.63. The normalized spacial score (nSPS) is 23.8. The van der Waals surface area contributed by atoms with Gasteiger partial charge >= 0.3 is 11.9 Å².